The summed E-state index contributed by atoms with van der Waals surface area (Å²) < 4.78 is 5.50. The molecule has 0 unspecified atom stereocenters. The monoisotopic (exact) mass is 185 g/mol. The molecule has 1 aliphatic heterocycles. The molecule has 0 aromatic rings. The van der Waals surface area contributed by atoms with Crippen molar-refractivity contribution in [3.8, 4) is 0 Å². The highest BCUT2D eigenvalue weighted by atomic mass is 16.6. The Balaban J connectivity index is 2.98. The van der Waals surface area contributed by atoms with E-state index in [4.69, 9.17) is 9.84 Å². The predicted octanol–water partition coefficient (Wildman–Crippen LogP) is 1.68. The summed E-state index contributed by atoms with van der Waals surface area (Å²) in [6.07, 6.45) is 0.496. The van der Waals surface area contributed by atoms with Gasteiger partial charge < -0.3 is 9.84 Å². The highest BCUT2D eigenvalue weighted by molar-refractivity contribution is 5.67. The summed E-state index contributed by atoms with van der Waals surface area (Å²) in [6.45, 7) is 8.93. The van der Waals surface area contributed by atoms with Crippen molar-refractivity contribution in [1.82, 2.24) is 4.90 Å². The smallest absolute Gasteiger partial charge is 0.410 e. The molecule has 4 heteroatoms. The molecule has 1 N–H and O–H groups in total. The first-order chi connectivity index (χ1) is 5.90. The van der Waals surface area contributed by atoms with E-state index in [1.54, 1.807) is 19.9 Å². The first-order valence-corrected chi connectivity index (χ1v) is 4.23. The lowest BCUT2D eigenvalue weighted by molar-refractivity contribution is -0.0617. The van der Waals surface area contributed by atoms with Gasteiger partial charge in [-0.25, -0.2) is 4.79 Å². The molecule has 4 nitrogen and oxygen atoms in total. The second-order valence-corrected chi connectivity index (χ2v) is 3.65. The van der Waals surface area contributed by atoms with E-state index in [2.05, 4.69) is 6.58 Å². The SMILES string of the molecule is C=C[C@@H]1[C@@H](C)OC(C)(C)N1C(=O)O. The van der Waals surface area contributed by atoms with Gasteiger partial charge in [-0.15, -0.1) is 6.58 Å². The maximum atomic E-state index is 10.9. The van der Waals surface area contributed by atoms with Crippen molar-refractivity contribution < 1.29 is 14.6 Å². The zero-order valence-corrected chi connectivity index (χ0v) is 8.15. The van der Waals surface area contributed by atoms with E-state index in [0.717, 1.165) is 0 Å². The Bertz CT molecular complexity index is 237. The zero-order chi connectivity index (χ0) is 10.2. The van der Waals surface area contributed by atoms with Crippen molar-refractivity contribution in [3.05, 3.63) is 12.7 Å². The number of ether oxygens (including phenoxy) is 1. The first-order valence-electron chi connectivity index (χ1n) is 4.23. The van der Waals surface area contributed by atoms with Crippen LogP contribution in [0.5, 0.6) is 0 Å². The zero-order valence-electron chi connectivity index (χ0n) is 8.15. The highest BCUT2D eigenvalue weighted by Crippen LogP contribution is 2.32. The minimum atomic E-state index is -0.973. The molecule has 1 aliphatic rings. The number of amides is 1. The Morgan fingerprint density at radius 3 is 2.54 bits per heavy atom. The molecule has 0 aliphatic carbocycles. The topological polar surface area (TPSA) is 49.8 Å². The fraction of sp³-hybridized carbons (Fsp3) is 0.667. The average Bonchev–Trinajstić information content (AvgIpc) is 2.19. The van der Waals surface area contributed by atoms with Gasteiger partial charge in [0.25, 0.3) is 0 Å². The van der Waals surface area contributed by atoms with Gasteiger partial charge in [-0.1, -0.05) is 6.08 Å². The van der Waals surface area contributed by atoms with Crippen LogP contribution in [0.15, 0.2) is 12.7 Å². The molecule has 0 saturated carbocycles. The summed E-state index contributed by atoms with van der Waals surface area (Å²) in [4.78, 5) is 12.2. The molecule has 1 saturated heterocycles. The third kappa shape index (κ3) is 1.54. The van der Waals surface area contributed by atoms with Crippen molar-refractivity contribution in [1.29, 1.82) is 0 Å². The lowest BCUT2D eigenvalue weighted by Crippen LogP contribution is -2.46. The molecule has 0 spiro atoms. The summed E-state index contributed by atoms with van der Waals surface area (Å²) in [5, 5.41) is 8.97. The van der Waals surface area contributed by atoms with Gasteiger partial charge in [0.05, 0.1) is 12.1 Å². The molecule has 13 heavy (non-hydrogen) atoms. The van der Waals surface area contributed by atoms with Gasteiger partial charge in [0.15, 0.2) is 0 Å². The molecule has 0 bridgehead atoms. The number of hydrogen-bond acceptors (Lipinski definition) is 2. The average molecular weight is 185 g/mol. The van der Waals surface area contributed by atoms with Crippen LogP contribution in [0.4, 0.5) is 4.79 Å². The fourth-order valence-electron chi connectivity index (χ4n) is 1.81. The van der Waals surface area contributed by atoms with Crippen LogP contribution < -0.4 is 0 Å². The largest absolute Gasteiger partial charge is 0.465 e. The summed E-state index contributed by atoms with van der Waals surface area (Å²) in [7, 11) is 0. The van der Waals surface area contributed by atoms with Crippen molar-refractivity contribution in [2.24, 2.45) is 0 Å². The Morgan fingerprint density at radius 1 is 1.69 bits per heavy atom. The Labute approximate surface area is 77.8 Å². The van der Waals surface area contributed by atoms with Gasteiger partial charge >= 0.3 is 6.09 Å². The summed E-state index contributed by atoms with van der Waals surface area (Å²) in [5.41, 5.74) is -0.760. The van der Waals surface area contributed by atoms with Crippen molar-refractivity contribution in [2.45, 2.75) is 38.6 Å². The molecule has 74 valence electrons. The van der Waals surface area contributed by atoms with Gasteiger partial charge in [0.1, 0.15) is 5.72 Å². The number of carbonyl (C=O) groups is 1. The second-order valence-electron chi connectivity index (χ2n) is 3.65. The van der Waals surface area contributed by atoms with Crippen LogP contribution in [0, 0.1) is 0 Å². The van der Waals surface area contributed by atoms with E-state index in [-0.39, 0.29) is 12.1 Å². The van der Waals surface area contributed by atoms with Crippen LogP contribution >= 0.6 is 0 Å². The Morgan fingerprint density at radius 2 is 2.23 bits per heavy atom. The van der Waals surface area contributed by atoms with Gasteiger partial charge in [-0.3, -0.25) is 4.90 Å². The summed E-state index contributed by atoms with van der Waals surface area (Å²) in [6, 6.07) is -0.257. The number of nitrogens with zero attached hydrogens (tertiary/aromatic N) is 1. The first kappa shape index (κ1) is 10.1. The van der Waals surface area contributed by atoms with E-state index in [0.29, 0.717) is 0 Å². The molecular weight excluding hydrogens is 170 g/mol. The molecule has 1 amide bonds. The van der Waals surface area contributed by atoms with Gasteiger partial charge in [-0.05, 0) is 20.8 Å². The molecular formula is C9H15NO3. The molecule has 1 rings (SSSR count). The van der Waals surface area contributed by atoms with E-state index < -0.39 is 11.8 Å². The standard InChI is InChI=1S/C9H15NO3/c1-5-7-6(2)13-9(3,4)10(7)8(11)12/h5-7H,1H2,2-4H3,(H,11,12)/t6-,7-/m1/s1. The van der Waals surface area contributed by atoms with E-state index in [1.165, 1.54) is 4.90 Å². The number of carboxylic acid groups (broad SMARTS) is 1. The van der Waals surface area contributed by atoms with Crippen LogP contribution in [0.1, 0.15) is 20.8 Å². The highest BCUT2D eigenvalue weighted by Gasteiger charge is 2.46. The third-order valence-electron chi connectivity index (χ3n) is 2.28. The maximum Gasteiger partial charge on any atom is 0.410 e. The van der Waals surface area contributed by atoms with E-state index in [1.807, 2.05) is 6.92 Å². The summed E-state index contributed by atoms with van der Waals surface area (Å²) in [5.74, 6) is 0. The lowest BCUT2D eigenvalue weighted by atomic mass is 10.1. The second kappa shape index (κ2) is 3.03. The molecule has 0 aromatic carbocycles. The predicted molar refractivity (Wildman–Crippen MR) is 48.5 cm³/mol. The normalized spacial score (nSPS) is 31.8. The summed E-state index contributed by atoms with van der Waals surface area (Å²) >= 11 is 0. The Kier molecular flexibility index (Phi) is 2.34. The van der Waals surface area contributed by atoms with Gasteiger partial charge in [0, 0.05) is 0 Å². The quantitative estimate of drug-likeness (QED) is 0.632. The number of rotatable bonds is 1. The van der Waals surface area contributed by atoms with Crippen LogP contribution in [0.2, 0.25) is 0 Å². The maximum absolute atomic E-state index is 10.9. The van der Waals surface area contributed by atoms with E-state index in [9.17, 15) is 4.79 Å². The molecule has 1 heterocycles. The minimum absolute atomic E-state index is 0.136. The van der Waals surface area contributed by atoms with Crippen molar-refractivity contribution in [2.75, 3.05) is 0 Å². The van der Waals surface area contributed by atoms with Crippen LogP contribution in [0.3, 0.4) is 0 Å². The van der Waals surface area contributed by atoms with Gasteiger partial charge in [0.2, 0.25) is 0 Å². The number of hydrogen-bond donors (Lipinski definition) is 1. The van der Waals surface area contributed by atoms with Crippen LogP contribution in [-0.2, 0) is 4.74 Å². The van der Waals surface area contributed by atoms with Crippen LogP contribution in [-0.4, -0.2) is 34.0 Å². The van der Waals surface area contributed by atoms with Crippen molar-refractivity contribution in [3.63, 3.8) is 0 Å². The third-order valence-corrected chi connectivity index (χ3v) is 2.28. The fourth-order valence-corrected chi connectivity index (χ4v) is 1.81. The van der Waals surface area contributed by atoms with Crippen LogP contribution in [0.25, 0.3) is 0 Å². The molecule has 2 atom stereocenters. The minimum Gasteiger partial charge on any atom is -0.465 e. The van der Waals surface area contributed by atoms with Gasteiger partial charge in [-0.2, -0.15) is 0 Å². The van der Waals surface area contributed by atoms with E-state index >= 15 is 0 Å². The lowest BCUT2D eigenvalue weighted by Gasteiger charge is -2.29. The van der Waals surface area contributed by atoms with Crippen molar-refractivity contribution >= 4 is 6.09 Å². The Hall–Kier alpha value is -1.03. The molecule has 0 aromatic heterocycles. The molecule has 1 fully saturated rings. The molecule has 0 radical (unpaired) electrons.